The highest BCUT2D eigenvalue weighted by Gasteiger charge is 2.25. The van der Waals surface area contributed by atoms with Gasteiger partial charge in [0.15, 0.2) is 12.0 Å². The van der Waals surface area contributed by atoms with E-state index in [0.29, 0.717) is 37.3 Å². The van der Waals surface area contributed by atoms with Gasteiger partial charge in [-0.25, -0.2) is 9.78 Å². The molecule has 1 saturated heterocycles. The number of rotatable bonds is 2. The van der Waals surface area contributed by atoms with Crippen LogP contribution in [0.3, 0.4) is 0 Å². The molecular weight excluding hydrogens is 296 g/mol. The van der Waals surface area contributed by atoms with Crippen LogP contribution >= 0.6 is 0 Å². The first-order chi connectivity index (χ1) is 11.0. The van der Waals surface area contributed by atoms with E-state index in [-0.39, 0.29) is 18.0 Å². The summed E-state index contributed by atoms with van der Waals surface area (Å²) >= 11 is 0. The number of carbonyl (C=O) groups excluding carboxylic acids is 2. The summed E-state index contributed by atoms with van der Waals surface area (Å²) in [4.78, 5) is 32.1. The zero-order chi connectivity index (χ0) is 16.4. The molecule has 0 spiro atoms. The molecule has 122 valence electrons. The van der Waals surface area contributed by atoms with E-state index in [4.69, 9.17) is 4.42 Å². The van der Waals surface area contributed by atoms with E-state index in [1.165, 1.54) is 6.39 Å². The summed E-state index contributed by atoms with van der Waals surface area (Å²) < 4.78 is 5.24. The standard InChI is InChI=1S/C16H20N4O3/c1-11(2)18-16(22)20-7-5-19(6-8-20)15(21)12-3-4-13-14(9-12)23-10-17-13/h3-4,9-11H,5-8H2,1-2H3,(H,18,22). The van der Waals surface area contributed by atoms with Gasteiger partial charge in [-0.3, -0.25) is 4.79 Å². The Balaban J connectivity index is 1.62. The Bertz CT molecular complexity index is 717. The predicted octanol–water partition coefficient (Wildman–Crippen LogP) is 1.70. The third kappa shape index (κ3) is 3.28. The lowest BCUT2D eigenvalue weighted by Gasteiger charge is -2.35. The summed E-state index contributed by atoms with van der Waals surface area (Å²) in [6.45, 7) is 5.98. The van der Waals surface area contributed by atoms with E-state index in [0.717, 1.165) is 5.52 Å². The highest BCUT2D eigenvalue weighted by molar-refractivity contribution is 5.97. The van der Waals surface area contributed by atoms with Crippen LogP contribution in [-0.2, 0) is 0 Å². The van der Waals surface area contributed by atoms with E-state index >= 15 is 0 Å². The first-order valence-electron chi connectivity index (χ1n) is 7.72. The van der Waals surface area contributed by atoms with Gasteiger partial charge in [0.1, 0.15) is 5.52 Å². The number of nitrogens with one attached hydrogen (secondary N) is 1. The largest absolute Gasteiger partial charge is 0.443 e. The summed E-state index contributed by atoms with van der Waals surface area (Å²) in [6, 6.07) is 5.28. The Kier molecular flexibility index (Phi) is 4.18. The van der Waals surface area contributed by atoms with Gasteiger partial charge in [-0.15, -0.1) is 0 Å². The number of nitrogens with zero attached hydrogens (tertiary/aromatic N) is 3. The van der Waals surface area contributed by atoms with Crippen LogP contribution in [0, 0.1) is 0 Å². The third-order valence-corrected chi connectivity index (χ3v) is 3.84. The van der Waals surface area contributed by atoms with Crippen LogP contribution in [0.4, 0.5) is 4.79 Å². The molecule has 1 aliphatic rings. The van der Waals surface area contributed by atoms with Gasteiger partial charge in [0.05, 0.1) is 0 Å². The Morgan fingerprint density at radius 1 is 1.17 bits per heavy atom. The molecule has 3 rings (SSSR count). The maximum absolute atomic E-state index is 12.6. The van der Waals surface area contributed by atoms with Crippen LogP contribution in [0.15, 0.2) is 29.0 Å². The lowest BCUT2D eigenvalue weighted by atomic mass is 10.1. The molecule has 7 nitrogen and oxygen atoms in total. The second-order valence-electron chi connectivity index (χ2n) is 5.92. The van der Waals surface area contributed by atoms with Crippen molar-refractivity contribution in [3.63, 3.8) is 0 Å². The fourth-order valence-corrected chi connectivity index (χ4v) is 2.62. The molecule has 2 heterocycles. The maximum Gasteiger partial charge on any atom is 0.317 e. The second kappa shape index (κ2) is 6.28. The molecule has 23 heavy (non-hydrogen) atoms. The minimum atomic E-state index is -0.0739. The minimum absolute atomic E-state index is 0.0489. The number of aromatic nitrogens is 1. The Hall–Kier alpha value is -2.57. The molecule has 0 atom stereocenters. The van der Waals surface area contributed by atoms with Crippen molar-refractivity contribution < 1.29 is 14.0 Å². The lowest BCUT2D eigenvalue weighted by molar-refractivity contribution is 0.0664. The topological polar surface area (TPSA) is 78.7 Å². The molecule has 1 N–H and O–H groups in total. The average Bonchev–Trinajstić information content (AvgIpc) is 3.01. The lowest BCUT2D eigenvalue weighted by Crippen LogP contribution is -2.54. The normalized spacial score (nSPS) is 15.3. The molecule has 1 fully saturated rings. The van der Waals surface area contributed by atoms with Gasteiger partial charge in [0, 0.05) is 37.8 Å². The first kappa shape index (κ1) is 15.3. The second-order valence-corrected chi connectivity index (χ2v) is 5.92. The predicted molar refractivity (Wildman–Crippen MR) is 85.2 cm³/mol. The van der Waals surface area contributed by atoms with Crippen molar-refractivity contribution in [1.82, 2.24) is 20.1 Å². The average molecular weight is 316 g/mol. The fourth-order valence-electron chi connectivity index (χ4n) is 2.62. The SMILES string of the molecule is CC(C)NC(=O)N1CCN(C(=O)c2ccc3ncoc3c2)CC1. The molecule has 0 unspecified atom stereocenters. The monoisotopic (exact) mass is 316 g/mol. The first-order valence-corrected chi connectivity index (χ1v) is 7.72. The zero-order valence-corrected chi connectivity index (χ0v) is 13.3. The van der Waals surface area contributed by atoms with E-state index < -0.39 is 0 Å². The van der Waals surface area contributed by atoms with Gasteiger partial charge < -0.3 is 19.5 Å². The molecule has 1 aromatic carbocycles. The van der Waals surface area contributed by atoms with E-state index in [1.807, 2.05) is 13.8 Å². The summed E-state index contributed by atoms with van der Waals surface area (Å²) in [5, 5.41) is 2.87. The quantitative estimate of drug-likeness (QED) is 0.914. The number of hydrogen-bond acceptors (Lipinski definition) is 4. The molecule has 0 radical (unpaired) electrons. The van der Waals surface area contributed by atoms with Crippen LogP contribution in [0.1, 0.15) is 24.2 Å². The van der Waals surface area contributed by atoms with Gasteiger partial charge in [-0.1, -0.05) is 0 Å². The van der Waals surface area contributed by atoms with E-state index in [2.05, 4.69) is 10.3 Å². The number of hydrogen-bond donors (Lipinski definition) is 1. The van der Waals surface area contributed by atoms with Crippen LogP contribution in [0.25, 0.3) is 11.1 Å². The molecule has 3 amide bonds. The number of amides is 3. The van der Waals surface area contributed by atoms with Crippen molar-refractivity contribution in [2.45, 2.75) is 19.9 Å². The highest BCUT2D eigenvalue weighted by atomic mass is 16.3. The molecule has 0 aliphatic carbocycles. The number of oxazole rings is 1. The molecule has 1 aliphatic heterocycles. The Morgan fingerprint density at radius 2 is 1.87 bits per heavy atom. The van der Waals surface area contributed by atoms with Crippen molar-refractivity contribution in [1.29, 1.82) is 0 Å². The summed E-state index contributed by atoms with van der Waals surface area (Å²) in [7, 11) is 0. The molecular formula is C16H20N4O3. The van der Waals surface area contributed by atoms with Gasteiger partial charge in [0.25, 0.3) is 5.91 Å². The molecule has 0 saturated carbocycles. The van der Waals surface area contributed by atoms with Crippen molar-refractivity contribution >= 4 is 23.0 Å². The highest BCUT2D eigenvalue weighted by Crippen LogP contribution is 2.16. The zero-order valence-electron chi connectivity index (χ0n) is 13.3. The number of fused-ring (bicyclic) bond motifs is 1. The van der Waals surface area contributed by atoms with E-state index in [9.17, 15) is 9.59 Å². The molecule has 0 bridgehead atoms. The summed E-state index contributed by atoms with van der Waals surface area (Å²) in [5.41, 5.74) is 1.91. The minimum Gasteiger partial charge on any atom is -0.443 e. The van der Waals surface area contributed by atoms with Gasteiger partial charge in [0.2, 0.25) is 0 Å². The Labute approximate surface area is 134 Å². The van der Waals surface area contributed by atoms with Crippen LogP contribution in [-0.4, -0.2) is 58.9 Å². The summed E-state index contributed by atoms with van der Waals surface area (Å²) in [6.07, 6.45) is 1.37. The van der Waals surface area contributed by atoms with Crippen LogP contribution in [0.5, 0.6) is 0 Å². The van der Waals surface area contributed by atoms with Crippen LogP contribution in [0.2, 0.25) is 0 Å². The van der Waals surface area contributed by atoms with Crippen LogP contribution < -0.4 is 5.32 Å². The third-order valence-electron chi connectivity index (χ3n) is 3.84. The molecule has 2 aromatic rings. The number of urea groups is 1. The van der Waals surface area contributed by atoms with Crippen molar-refractivity contribution in [3.05, 3.63) is 30.2 Å². The van der Waals surface area contributed by atoms with E-state index in [1.54, 1.807) is 28.0 Å². The summed E-state index contributed by atoms with van der Waals surface area (Å²) in [5.74, 6) is -0.0489. The number of benzene rings is 1. The van der Waals surface area contributed by atoms with Crippen molar-refractivity contribution in [3.8, 4) is 0 Å². The maximum atomic E-state index is 12.6. The molecule has 1 aromatic heterocycles. The van der Waals surface area contributed by atoms with Crippen molar-refractivity contribution in [2.75, 3.05) is 26.2 Å². The smallest absolute Gasteiger partial charge is 0.317 e. The molecule has 7 heteroatoms. The van der Waals surface area contributed by atoms with Gasteiger partial charge in [-0.2, -0.15) is 0 Å². The van der Waals surface area contributed by atoms with Gasteiger partial charge >= 0.3 is 6.03 Å². The van der Waals surface area contributed by atoms with Crippen molar-refractivity contribution in [2.24, 2.45) is 0 Å². The number of piperazine rings is 1. The Morgan fingerprint density at radius 3 is 2.57 bits per heavy atom. The number of carbonyl (C=O) groups is 2. The fraction of sp³-hybridized carbons (Fsp3) is 0.438. The van der Waals surface area contributed by atoms with Gasteiger partial charge in [-0.05, 0) is 32.0 Å².